The molecule has 0 atom stereocenters. The number of nitrogen functional groups attached to an aromatic ring is 1. The minimum absolute atomic E-state index is 0.0955. The van der Waals surface area contributed by atoms with Gasteiger partial charge in [0.05, 0.1) is 5.56 Å². The Morgan fingerprint density at radius 2 is 2.06 bits per heavy atom. The average Bonchev–Trinajstić information content (AvgIpc) is 2.30. The largest absolute Gasteiger partial charge is 0.398 e. The third-order valence-electron chi connectivity index (χ3n) is 2.96. The summed E-state index contributed by atoms with van der Waals surface area (Å²) in [6, 6.07) is 5.30. The molecule has 1 aromatic carbocycles. The number of hydrogen-bond donors (Lipinski definition) is 2. The van der Waals surface area contributed by atoms with E-state index in [-0.39, 0.29) is 5.91 Å². The molecule has 0 aromatic heterocycles. The van der Waals surface area contributed by atoms with Gasteiger partial charge in [0.15, 0.2) is 0 Å². The van der Waals surface area contributed by atoms with E-state index in [9.17, 15) is 4.79 Å². The first kappa shape index (κ1) is 14.0. The van der Waals surface area contributed by atoms with E-state index in [0.29, 0.717) is 23.7 Å². The Kier molecular flexibility index (Phi) is 5.48. The summed E-state index contributed by atoms with van der Waals surface area (Å²) in [4.78, 5) is 11.9. The van der Waals surface area contributed by atoms with Crippen LogP contribution in [0.25, 0.3) is 0 Å². The van der Waals surface area contributed by atoms with E-state index in [1.165, 1.54) is 0 Å². The monoisotopic (exact) mass is 298 g/mol. The van der Waals surface area contributed by atoms with Crippen LogP contribution < -0.4 is 11.1 Å². The summed E-state index contributed by atoms with van der Waals surface area (Å²) >= 11 is 3.32. The molecule has 0 aliphatic heterocycles. The molecule has 0 heterocycles. The third kappa shape index (κ3) is 4.04. The quantitative estimate of drug-likeness (QED) is 0.820. The van der Waals surface area contributed by atoms with E-state index in [2.05, 4.69) is 35.1 Å². The van der Waals surface area contributed by atoms with Crippen LogP contribution in [0.15, 0.2) is 22.7 Å². The molecule has 1 amide bonds. The van der Waals surface area contributed by atoms with Crippen LogP contribution in [-0.4, -0.2) is 12.5 Å². The molecule has 0 spiro atoms. The van der Waals surface area contributed by atoms with Crippen LogP contribution >= 0.6 is 15.9 Å². The predicted molar refractivity (Wildman–Crippen MR) is 75.0 cm³/mol. The van der Waals surface area contributed by atoms with Crippen molar-refractivity contribution in [2.45, 2.75) is 26.7 Å². The minimum atomic E-state index is -0.0955. The lowest BCUT2D eigenvalue weighted by Crippen LogP contribution is -2.29. The maximum Gasteiger partial charge on any atom is 0.253 e. The Bertz CT molecular complexity index is 389. The van der Waals surface area contributed by atoms with Crippen LogP contribution in [0.5, 0.6) is 0 Å². The second-order valence-electron chi connectivity index (χ2n) is 4.12. The molecule has 0 bridgehead atoms. The van der Waals surface area contributed by atoms with E-state index >= 15 is 0 Å². The number of carbonyl (C=O) groups excluding carboxylic acids is 1. The highest BCUT2D eigenvalue weighted by atomic mass is 79.9. The van der Waals surface area contributed by atoms with Gasteiger partial charge in [-0.1, -0.05) is 42.6 Å². The summed E-state index contributed by atoms with van der Waals surface area (Å²) in [5, 5.41) is 2.93. The van der Waals surface area contributed by atoms with Crippen LogP contribution in [-0.2, 0) is 0 Å². The van der Waals surface area contributed by atoms with E-state index in [1.807, 2.05) is 6.07 Å². The highest BCUT2D eigenvalue weighted by Gasteiger charge is 2.11. The number of amides is 1. The van der Waals surface area contributed by atoms with Crippen LogP contribution in [0.2, 0.25) is 0 Å². The summed E-state index contributed by atoms with van der Waals surface area (Å²) in [6.07, 6.45) is 2.15. The van der Waals surface area contributed by atoms with Crippen molar-refractivity contribution in [3.63, 3.8) is 0 Å². The number of carbonyl (C=O) groups is 1. The van der Waals surface area contributed by atoms with Gasteiger partial charge in [0.1, 0.15) is 0 Å². The number of nitrogens with one attached hydrogen (secondary N) is 1. The molecule has 3 N–H and O–H groups in total. The Labute approximate surface area is 111 Å². The van der Waals surface area contributed by atoms with Crippen molar-refractivity contribution >= 4 is 27.5 Å². The summed E-state index contributed by atoms with van der Waals surface area (Å²) in [6.45, 7) is 4.98. The summed E-state index contributed by atoms with van der Waals surface area (Å²) in [5.74, 6) is 0.442. The van der Waals surface area contributed by atoms with Crippen molar-refractivity contribution in [2.24, 2.45) is 5.92 Å². The molecule has 0 aliphatic carbocycles. The Balaban J connectivity index is 2.64. The molecule has 0 saturated heterocycles. The highest BCUT2D eigenvalue weighted by Crippen LogP contribution is 2.18. The van der Waals surface area contributed by atoms with Crippen molar-refractivity contribution in [2.75, 3.05) is 12.3 Å². The topological polar surface area (TPSA) is 55.1 Å². The molecule has 0 unspecified atom stereocenters. The molecule has 94 valence electrons. The number of benzene rings is 1. The molecular weight excluding hydrogens is 280 g/mol. The number of halogens is 1. The van der Waals surface area contributed by atoms with Crippen LogP contribution in [0.1, 0.15) is 37.0 Å². The Hall–Kier alpha value is -1.03. The number of hydrogen-bond acceptors (Lipinski definition) is 2. The van der Waals surface area contributed by atoms with Gasteiger partial charge < -0.3 is 11.1 Å². The van der Waals surface area contributed by atoms with Crippen LogP contribution in [0.3, 0.4) is 0 Å². The zero-order chi connectivity index (χ0) is 12.8. The average molecular weight is 299 g/mol. The third-order valence-corrected chi connectivity index (χ3v) is 3.46. The molecule has 1 aromatic rings. The first-order valence-electron chi connectivity index (χ1n) is 5.91. The van der Waals surface area contributed by atoms with Crippen molar-refractivity contribution in [1.29, 1.82) is 0 Å². The Morgan fingerprint density at radius 3 is 2.59 bits per heavy atom. The fraction of sp³-hybridized carbons (Fsp3) is 0.462. The van der Waals surface area contributed by atoms with Crippen molar-refractivity contribution in [3.05, 3.63) is 28.2 Å². The van der Waals surface area contributed by atoms with Gasteiger partial charge in [-0.05, 0) is 24.1 Å². The second kappa shape index (κ2) is 6.64. The lowest BCUT2D eigenvalue weighted by Gasteiger charge is -2.14. The van der Waals surface area contributed by atoms with E-state index in [0.717, 1.165) is 17.3 Å². The Morgan fingerprint density at radius 1 is 1.41 bits per heavy atom. The first-order valence-corrected chi connectivity index (χ1v) is 6.71. The normalized spacial score (nSPS) is 10.6. The number of rotatable bonds is 5. The lowest BCUT2D eigenvalue weighted by atomic mass is 10.0. The molecule has 17 heavy (non-hydrogen) atoms. The second-order valence-corrected chi connectivity index (χ2v) is 5.04. The summed E-state index contributed by atoms with van der Waals surface area (Å²) in [5.41, 5.74) is 6.85. The van der Waals surface area contributed by atoms with Crippen molar-refractivity contribution in [1.82, 2.24) is 5.32 Å². The number of nitrogens with two attached hydrogens (primary N) is 1. The van der Waals surface area contributed by atoms with Gasteiger partial charge in [0.2, 0.25) is 0 Å². The van der Waals surface area contributed by atoms with Crippen LogP contribution in [0, 0.1) is 5.92 Å². The van der Waals surface area contributed by atoms with E-state index in [4.69, 9.17) is 5.73 Å². The van der Waals surface area contributed by atoms with Gasteiger partial charge in [0, 0.05) is 16.7 Å². The zero-order valence-corrected chi connectivity index (χ0v) is 11.9. The molecular formula is C13H19BrN2O. The van der Waals surface area contributed by atoms with Crippen molar-refractivity contribution in [3.8, 4) is 0 Å². The highest BCUT2D eigenvalue weighted by molar-refractivity contribution is 9.10. The van der Waals surface area contributed by atoms with Gasteiger partial charge in [-0.2, -0.15) is 0 Å². The molecule has 0 fully saturated rings. The zero-order valence-electron chi connectivity index (χ0n) is 10.3. The first-order chi connectivity index (χ1) is 8.08. The SMILES string of the molecule is CCC(CC)CNC(=O)c1ccc(Br)cc1N. The molecule has 0 radical (unpaired) electrons. The van der Waals surface area contributed by atoms with Gasteiger partial charge in [-0.15, -0.1) is 0 Å². The fourth-order valence-electron chi connectivity index (χ4n) is 1.65. The standard InChI is InChI=1S/C13H19BrN2O/c1-3-9(4-2)8-16-13(17)11-6-5-10(14)7-12(11)15/h5-7,9H,3-4,8,15H2,1-2H3,(H,16,17). The molecule has 3 nitrogen and oxygen atoms in total. The maximum atomic E-state index is 11.9. The molecule has 0 saturated carbocycles. The van der Waals surface area contributed by atoms with Crippen molar-refractivity contribution < 1.29 is 4.79 Å². The summed E-state index contributed by atoms with van der Waals surface area (Å²) < 4.78 is 0.881. The van der Waals surface area contributed by atoms with Gasteiger partial charge in [-0.25, -0.2) is 0 Å². The maximum absolute atomic E-state index is 11.9. The minimum Gasteiger partial charge on any atom is -0.398 e. The lowest BCUT2D eigenvalue weighted by molar-refractivity contribution is 0.0947. The van der Waals surface area contributed by atoms with Gasteiger partial charge in [-0.3, -0.25) is 4.79 Å². The number of anilines is 1. The van der Waals surface area contributed by atoms with Crippen LogP contribution in [0.4, 0.5) is 5.69 Å². The summed E-state index contributed by atoms with van der Waals surface area (Å²) in [7, 11) is 0. The van der Waals surface area contributed by atoms with Gasteiger partial charge in [0.25, 0.3) is 5.91 Å². The molecule has 0 aliphatic rings. The predicted octanol–water partition coefficient (Wildman–Crippen LogP) is 3.20. The fourth-order valence-corrected chi connectivity index (χ4v) is 2.03. The van der Waals surface area contributed by atoms with E-state index in [1.54, 1.807) is 12.1 Å². The smallest absolute Gasteiger partial charge is 0.253 e. The van der Waals surface area contributed by atoms with E-state index < -0.39 is 0 Å². The molecule has 4 heteroatoms. The van der Waals surface area contributed by atoms with Gasteiger partial charge >= 0.3 is 0 Å². The molecule has 1 rings (SSSR count).